The molecule has 0 saturated heterocycles. The van der Waals surface area contributed by atoms with Crippen LogP contribution < -0.4 is 9.47 Å². The van der Waals surface area contributed by atoms with E-state index < -0.39 is 31.3 Å². The maximum Gasteiger partial charge on any atom is 0.212 e. The number of ether oxygens (including phenoxy) is 2. The van der Waals surface area contributed by atoms with Crippen LogP contribution in [0.2, 0.25) is 0 Å². The fraction of sp³-hybridized carbons (Fsp3) is 0.200. The van der Waals surface area contributed by atoms with Gasteiger partial charge < -0.3 is 9.47 Å². The average Bonchev–Trinajstić information content (AvgIpc) is 2.48. The minimum atomic E-state index is -4.38. The molecule has 0 radical (unpaired) electrons. The molecule has 0 aliphatic rings. The lowest BCUT2D eigenvalue weighted by atomic mass is 10.3. The first kappa shape index (κ1) is 17.9. The van der Waals surface area contributed by atoms with E-state index in [0.29, 0.717) is 0 Å². The molecule has 120 valence electrons. The molecule has 0 heterocycles. The number of benzene rings is 2. The van der Waals surface area contributed by atoms with Gasteiger partial charge in [-0.25, -0.2) is 17.2 Å². The lowest BCUT2D eigenvalue weighted by Crippen LogP contribution is -2.07. The zero-order valence-corrected chi connectivity index (χ0v) is 12.1. The number of hydrogen-bond acceptors (Lipinski definition) is 4. The van der Waals surface area contributed by atoms with Crippen LogP contribution in [0.5, 0.6) is 11.5 Å². The Morgan fingerprint density at radius 2 is 1.18 bits per heavy atom. The molecule has 7 heteroatoms. The SMILES string of the molecule is C.COc1ccc(F)c(S(=O)(=O)c2cc(OC)ccc2F)c1. The highest BCUT2D eigenvalue weighted by Crippen LogP contribution is 2.30. The second-order valence-electron chi connectivity index (χ2n) is 4.10. The van der Waals surface area contributed by atoms with Crippen LogP contribution in [0, 0.1) is 11.6 Å². The van der Waals surface area contributed by atoms with Gasteiger partial charge in [-0.15, -0.1) is 0 Å². The van der Waals surface area contributed by atoms with Gasteiger partial charge in [0.25, 0.3) is 0 Å². The maximum atomic E-state index is 13.8. The van der Waals surface area contributed by atoms with E-state index in [4.69, 9.17) is 9.47 Å². The normalized spacial score (nSPS) is 10.7. The highest BCUT2D eigenvalue weighted by atomic mass is 32.2. The first-order valence-corrected chi connectivity index (χ1v) is 7.30. The highest BCUT2D eigenvalue weighted by molar-refractivity contribution is 7.91. The van der Waals surface area contributed by atoms with E-state index >= 15 is 0 Å². The van der Waals surface area contributed by atoms with Crippen molar-refractivity contribution in [3.8, 4) is 11.5 Å². The predicted molar refractivity (Wildman–Crippen MR) is 78.1 cm³/mol. The van der Waals surface area contributed by atoms with Gasteiger partial charge in [0.1, 0.15) is 32.9 Å². The summed E-state index contributed by atoms with van der Waals surface area (Å²) >= 11 is 0. The molecule has 0 aliphatic carbocycles. The average molecular weight is 330 g/mol. The first-order chi connectivity index (χ1) is 9.90. The van der Waals surface area contributed by atoms with Crippen molar-refractivity contribution in [1.82, 2.24) is 0 Å². The molecule has 0 aliphatic heterocycles. The molecule has 0 atom stereocenters. The van der Waals surface area contributed by atoms with Crippen molar-refractivity contribution < 1.29 is 26.7 Å². The zero-order chi connectivity index (χ0) is 15.6. The van der Waals surface area contributed by atoms with E-state index in [2.05, 4.69) is 0 Å². The third kappa shape index (κ3) is 3.19. The molecule has 2 rings (SSSR count). The number of sulfone groups is 1. The lowest BCUT2D eigenvalue weighted by Gasteiger charge is -2.10. The smallest absolute Gasteiger partial charge is 0.212 e. The second-order valence-corrected chi connectivity index (χ2v) is 5.98. The topological polar surface area (TPSA) is 52.6 Å². The largest absolute Gasteiger partial charge is 0.497 e. The highest BCUT2D eigenvalue weighted by Gasteiger charge is 2.26. The van der Waals surface area contributed by atoms with Crippen LogP contribution in [0.25, 0.3) is 0 Å². The lowest BCUT2D eigenvalue weighted by molar-refractivity contribution is 0.410. The van der Waals surface area contributed by atoms with Crippen LogP contribution in [0.1, 0.15) is 7.43 Å². The summed E-state index contributed by atoms with van der Waals surface area (Å²) in [5, 5.41) is 0. The van der Waals surface area contributed by atoms with E-state index in [9.17, 15) is 17.2 Å². The summed E-state index contributed by atoms with van der Waals surface area (Å²) in [6.45, 7) is 0. The molecule has 0 spiro atoms. The standard InChI is InChI=1S/C14H12F2O4S.CH4/c1-19-9-3-5-11(15)13(7-9)21(17,18)14-8-10(20-2)4-6-12(14)16;/h3-8H,1-2H3;1H4. The van der Waals surface area contributed by atoms with E-state index in [1.165, 1.54) is 26.4 Å². The van der Waals surface area contributed by atoms with Crippen LogP contribution in [0.4, 0.5) is 8.78 Å². The Balaban J connectivity index is 0.00000242. The van der Waals surface area contributed by atoms with Crippen molar-refractivity contribution in [3.05, 3.63) is 48.0 Å². The first-order valence-electron chi connectivity index (χ1n) is 5.82. The maximum absolute atomic E-state index is 13.8. The Morgan fingerprint density at radius 3 is 1.50 bits per heavy atom. The molecule has 0 fully saturated rings. The molecule has 0 unspecified atom stereocenters. The van der Waals surface area contributed by atoms with Crippen LogP contribution in [-0.4, -0.2) is 22.6 Å². The van der Waals surface area contributed by atoms with Gasteiger partial charge in [-0.1, -0.05) is 7.43 Å². The number of rotatable bonds is 4. The predicted octanol–water partition coefficient (Wildman–Crippen LogP) is 3.45. The van der Waals surface area contributed by atoms with E-state index in [-0.39, 0.29) is 18.9 Å². The van der Waals surface area contributed by atoms with E-state index in [0.717, 1.165) is 24.3 Å². The Morgan fingerprint density at radius 1 is 0.818 bits per heavy atom. The molecule has 0 N–H and O–H groups in total. The van der Waals surface area contributed by atoms with E-state index in [1.54, 1.807) is 0 Å². The monoisotopic (exact) mass is 330 g/mol. The zero-order valence-electron chi connectivity index (χ0n) is 11.3. The molecule has 2 aromatic rings. The summed E-state index contributed by atoms with van der Waals surface area (Å²) in [5.74, 6) is -1.67. The van der Waals surface area contributed by atoms with Crippen LogP contribution >= 0.6 is 0 Å². The Labute approximate surface area is 128 Å². The minimum Gasteiger partial charge on any atom is -0.497 e. The Bertz CT molecular complexity index is 714. The van der Waals surface area contributed by atoms with Crippen LogP contribution in [0.3, 0.4) is 0 Å². The molecule has 4 nitrogen and oxygen atoms in total. The third-order valence-electron chi connectivity index (χ3n) is 2.86. The van der Waals surface area contributed by atoms with Gasteiger partial charge in [0.2, 0.25) is 9.84 Å². The Hall–Kier alpha value is -2.15. The van der Waals surface area contributed by atoms with Crippen molar-refractivity contribution in [2.24, 2.45) is 0 Å². The fourth-order valence-corrected chi connectivity index (χ4v) is 3.18. The summed E-state index contributed by atoms with van der Waals surface area (Å²) in [7, 11) is -1.75. The van der Waals surface area contributed by atoms with Gasteiger partial charge in [0.15, 0.2) is 0 Å². The summed E-state index contributed by atoms with van der Waals surface area (Å²) in [5.41, 5.74) is 0. The van der Waals surface area contributed by atoms with Gasteiger partial charge in [0.05, 0.1) is 14.2 Å². The van der Waals surface area contributed by atoms with Crippen molar-refractivity contribution in [1.29, 1.82) is 0 Å². The quantitative estimate of drug-likeness (QED) is 0.861. The fourth-order valence-electron chi connectivity index (χ4n) is 1.75. The molecule has 0 amide bonds. The summed E-state index contributed by atoms with van der Waals surface area (Å²) in [4.78, 5) is -1.32. The number of methoxy groups -OCH3 is 2. The summed E-state index contributed by atoms with van der Waals surface area (Å²) in [6.07, 6.45) is 0. The van der Waals surface area contributed by atoms with Crippen molar-refractivity contribution in [2.45, 2.75) is 17.2 Å². The van der Waals surface area contributed by atoms with E-state index in [1.807, 2.05) is 0 Å². The minimum absolute atomic E-state index is 0. The molecule has 0 bridgehead atoms. The van der Waals surface area contributed by atoms with Gasteiger partial charge in [-0.3, -0.25) is 0 Å². The van der Waals surface area contributed by atoms with Gasteiger partial charge in [-0.05, 0) is 24.3 Å². The Kier molecular flexibility index (Phi) is 5.48. The van der Waals surface area contributed by atoms with Crippen molar-refractivity contribution in [3.63, 3.8) is 0 Å². The molecule has 22 heavy (non-hydrogen) atoms. The summed E-state index contributed by atoms with van der Waals surface area (Å²) in [6, 6.07) is 6.45. The molecule has 0 saturated carbocycles. The third-order valence-corrected chi connectivity index (χ3v) is 4.64. The number of halogens is 2. The van der Waals surface area contributed by atoms with Crippen molar-refractivity contribution >= 4 is 9.84 Å². The van der Waals surface area contributed by atoms with Gasteiger partial charge in [-0.2, -0.15) is 0 Å². The molecular weight excluding hydrogens is 314 g/mol. The van der Waals surface area contributed by atoms with Crippen molar-refractivity contribution in [2.75, 3.05) is 14.2 Å². The second kappa shape index (κ2) is 6.74. The van der Waals surface area contributed by atoms with Gasteiger partial charge in [0, 0.05) is 12.1 Å². The van der Waals surface area contributed by atoms with Crippen LogP contribution in [0.15, 0.2) is 46.2 Å². The van der Waals surface area contributed by atoms with Gasteiger partial charge >= 0.3 is 0 Å². The molecular formula is C15H16F2O4S. The number of hydrogen-bond donors (Lipinski definition) is 0. The molecule has 2 aromatic carbocycles. The van der Waals surface area contributed by atoms with Crippen LogP contribution in [-0.2, 0) is 9.84 Å². The molecule has 0 aromatic heterocycles. The summed E-state index contributed by atoms with van der Waals surface area (Å²) < 4.78 is 62.2.